The lowest BCUT2D eigenvalue weighted by molar-refractivity contribution is -0.120. The third kappa shape index (κ3) is 4.29. The number of para-hydroxylation sites is 1. The smallest absolute Gasteiger partial charge is 0.233 e. The number of sulfone groups is 1. The van der Waals surface area contributed by atoms with E-state index >= 15 is 0 Å². The molecule has 3 heterocycles. The van der Waals surface area contributed by atoms with Gasteiger partial charge in [0, 0.05) is 11.7 Å². The van der Waals surface area contributed by atoms with E-state index in [4.69, 9.17) is 4.42 Å². The second-order valence-electron chi connectivity index (χ2n) is 7.24. The van der Waals surface area contributed by atoms with Crippen molar-refractivity contribution >= 4 is 27.5 Å². The van der Waals surface area contributed by atoms with Crippen molar-refractivity contribution in [2.75, 3.05) is 11.5 Å². The number of benzene rings is 1. The van der Waals surface area contributed by atoms with Crippen LogP contribution >= 0.6 is 11.8 Å². The molecule has 0 aliphatic carbocycles. The first-order chi connectivity index (χ1) is 14.3. The lowest BCUT2D eigenvalue weighted by Gasteiger charge is -2.16. The fourth-order valence-corrected chi connectivity index (χ4v) is 5.94. The lowest BCUT2D eigenvalue weighted by atomic mass is 10.2. The van der Waals surface area contributed by atoms with Crippen LogP contribution in [0.3, 0.4) is 0 Å². The Morgan fingerprint density at radius 1 is 1.27 bits per heavy atom. The summed E-state index contributed by atoms with van der Waals surface area (Å²) in [6.07, 6.45) is 2.06. The molecule has 1 aliphatic rings. The number of carbonyl (C=O) groups is 1. The summed E-state index contributed by atoms with van der Waals surface area (Å²) in [6.45, 7) is 3.63. The van der Waals surface area contributed by atoms with Crippen molar-refractivity contribution in [3.63, 3.8) is 0 Å². The summed E-state index contributed by atoms with van der Waals surface area (Å²) in [5.41, 5.74) is 1.70. The van der Waals surface area contributed by atoms with Gasteiger partial charge in [0.15, 0.2) is 20.8 Å². The summed E-state index contributed by atoms with van der Waals surface area (Å²) < 4.78 is 30.6. The van der Waals surface area contributed by atoms with Crippen LogP contribution < -0.4 is 5.32 Å². The third-order valence-electron chi connectivity index (χ3n) is 4.98. The van der Waals surface area contributed by atoms with Crippen LogP contribution in [0.5, 0.6) is 0 Å². The maximum absolute atomic E-state index is 12.7. The van der Waals surface area contributed by atoms with E-state index in [1.807, 2.05) is 47.9 Å². The summed E-state index contributed by atoms with van der Waals surface area (Å²) in [6, 6.07) is 11.2. The largest absolute Gasteiger partial charge is 0.469 e. The highest BCUT2D eigenvalue weighted by atomic mass is 32.2. The first-order valence-corrected chi connectivity index (χ1v) is 12.3. The number of hydrogen-bond acceptors (Lipinski definition) is 7. The molecular weight excluding hydrogens is 424 g/mol. The number of amides is 1. The highest BCUT2D eigenvalue weighted by Gasteiger charge is 2.31. The van der Waals surface area contributed by atoms with Crippen molar-refractivity contribution in [1.29, 1.82) is 0 Å². The quantitative estimate of drug-likeness (QED) is 0.580. The standard InChI is InChI=1S/C20H22N4O4S2/c1-13-17(8-10-28-13)18-22-23-20(24(18)16-6-4-3-5-7-16)29-14(2)19(25)21-15-9-11-30(26,27)12-15/h3-8,10,14-15H,9,11-12H2,1-2H3,(H,21,25). The Morgan fingerprint density at radius 3 is 2.67 bits per heavy atom. The second kappa shape index (κ2) is 8.27. The van der Waals surface area contributed by atoms with Gasteiger partial charge in [0.05, 0.1) is 28.6 Å². The van der Waals surface area contributed by atoms with E-state index in [1.165, 1.54) is 11.8 Å². The van der Waals surface area contributed by atoms with E-state index in [2.05, 4.69) is 15.5 Å². The average molecular weight is 447 g/mol. The zero-order chi connectivity index (χ0) is 21.3. The zero-order valence-corrected chi connectivity index (χ0v) is 18.2. The van der Waals surface area contributed by atoms with E-state index in [-0.39, 0.29) is 23.5 Å². The predicted molar refractivity (Wildman–Crippen MR) is 114 cm³/mol. The Morgan fingerprint density at radius 2 is 2.03 bits per heavy atom. The fraction of sp³-hybridized carbons (Fsp3) is 0.350. The molecule has 1 aromatic carbocycles. The summed E-state index contributed by atoms with van der Waals surface area (Å²) in [5, 5.41) is 11.6. The minimum absolute atomic E-state index is 0.000237. The Hall–Kier alpha value is -2.59. The van der Waals surface area contributed by atoms with Crippen molar-refractivity contribution in [2.45, 2.75) is 36.7 Å². The number of nitrogens with one attached hydrogen (secondary N) is 1. The fourth-order valence-electron chi connectivity index (χ4n) is 3.39. The van der Waals surface area contributed by atoms with Crippen LogP contribution in [0.15, 0.2) is 52.2 Å². The monoisotopic (exact) mass is 446 g/mol. The molecule has 1 saturated heterocycles. The Bertz CT molecular complexity index is 1150. The number of aromatic nitrogens is 3. The molecule has 0 spiro atoms. The van der Waals surface area contributed by atoms with E-state index in [0.29, 0.717) is 17.4 Å². The maximum Gasteiger partial charge on any atom is 0.233 e. The molecular formula is C20H22N4O4S2. The highest BCUT2D eigenvalue weighted by molar-refractivity contribution is 8.00. The Kier molecular flexibility index (Phi) is 5.70. The number of thioether (sulfide) groups is 1. The lowest BCUT2D eigenvalue weighted by Crippen LogP contribution is -2.40. The van der Waals surface area contributed by atoms with Crippen molar-refractivity contribution < 1.29 is 17.6 Å². The van der Waals surface area contributed by atoms with E-state index in [9.17, 15) is 13.2 Å². The molecule has 4 rings (SSSR count). The van der Waals surface area contributed by atoms with E-state index in [0.717, 1.165) is 17.0 Å². The Balaban J connectivity index is 1.59. The van der Waals surface area contributed by atoms with Crippen LogP contribution in [0.25, 0.3) is 17.1 Å². The van der Waals surface area contributed by atoms with Gasteiger partial charge in [-0.1, -0.05) is 30.0 Å². The van der Waals surface area contributed by atoms with Gasteiger partial charge in [-0.25, -0.2) is 8.42 Å². The van der Waals surface area contributed by atoms with Crippen molar-refractivity contribution in [3.8, 4) is 17.1 Å². The molecule has 2 aromatic heterocycles. The van der Waals surface area contributed by atoms with E-state index in [1.54, 1.807) is 13.2 Å². The number of carbonyl (C=O) groups excluding carboxylic acids is 1. The van der Waals surface area contributed by atoms with Crippen molar-refractivity contribution in [2.24, 2.45) is 0 Å². The van der Waals surface area contributed by atoms with Gasteiger partial charge in [0.2, 0.25) is 5.91 Å². The molecule has 1 aliphatic heterocycles. The van der Waals surface area contributed by atoms with Crippen LogP contribution in [0.2, 0.25) is 0 Å². The molecule has 158 valence electrons. The van der Waals surface area contributed by atoms with Gasteiger partial charge in [-0.15, -0.1) is 10.2 Å². The molecule has 2 unspecified atom stereocenters. The van der Waals surface area contributed by atoms with Gasteiger partial charge in [-0.2, -0.15) is 0 Å². The number of hydrogen-bond donors (Lipinski definition) is 1. The van der Waals surface area contributed by atoms with Gasteiger partial charge in [0.1, 0.15) is 5.76 Å². The molecule has 1 fully saturated rings. The molecule has 0 bridgehead atoms. The minimum atomic E-state index is -3.05. The summed E-state index contributed by atoms with van der Waals surface area (Å²) in [5.74, 6) is 1.26. The van der Waals surface area contributed by atoms with Gasteiger partial charge >= 0.3 is 0 Å². The van der Waals surface area contributed by atoms with Crippen molar-refractivity contribution in [3.05, 3.63) is 48.4 Å². The first kappa shape index (κ1) is 20.7. The van der Waals surface area contributed by atoms with Crippen LogP contribution in [0.4, 0.5) is 0 Å². The summed E-state index contributed by atoms with van der Waals surface area (Å²) in [7, 11) is -3.05. The summed E-state index contributed by atoms with van der Waals surface area (Å²) >= 11 is 1.28. The number of aryl methyl sites for hydroxylation is 1. The van der Waals surface area contributed by atoms with E-state index < -0.39 is 15.1 Å². The second-order valence-corrected chi connectivity index (χ2v) is 10.8. The molecule has 8 nitrogen and oxygen atoms in total. The molecule has 30 heavy (non-hydrogen) atoms. The number of furan rings is 1. The zero-order valence-electron chi connectivity index (χ0n) is 16.6. The number of rotatable bonds is 6. The molecule has 2 atom stereocenters. The maximum atomic E-state index is 12.7. The van der Waals surface area contributed by atoms with Gasteiger partial charge in [0.25, 0.3) is 0 Å². The van der Waals surface area contributed by atoms with Gasteiger partial charge in [-0.3, -0.25) is 9.36 Å². The molecule has 10 heteroatoms. The average Bonchev–Trinajstić information content (AvgIpc) is 3.40. The van der Waals surface area contributed by atoms with Crippen LogP contribution in [0, 0.1) is 6.92 Å². The Labute approximate surface area is 179 Å². The molecule has 0 saturated carbocycles. The third-order valence-corrected chi connectivity index (χ3v) is 7.79. The minimum Gasteiger partial charge on any atom is -0.469 e. The van der Waals surface area contributed by atoms with Crippen LogP contribution in [0.1, 0.15) is 19.1 Å². The normalized spacial score (nSPS) is 18.9. The first-order valence-electron chi connectivity index (χ1n) is 9.57. The van der Waals surface area contributed by atoms with Gasteiger partial charge < -0.3 is 9.73 Å². The SMILES string of the molecule is Cc1occc1-c1nnc(SC(C)C(=O)NC2CCS(=O)(=O)C2)n1-c1ccccc1. The molecule has 0 radical (unpaired) electrons. The predicted octanol–water partition coefficient (Wildman–Crippen LogP) is 2.62. The van der Waals surface area contributed by atoms with Crippen LogP contribution in [-0.2, 0) is 14.6 Å². The summed E-state index contributed by atoms with van der Waals surface area (Å²) in [4.78, 5) is 12.7. The van der Waals surface area contributed by atoms with Crippen molar-refractivity contribution in [1.82, 2.24) is 20.1 Å². The molecule has 3 aromatic rings. The molecule has 1 amide bonds. The van der Waals surface area contributed by atoms with Crippen LogP contribution in [-0.4, -0.2) is 51.9 Å². The topological polar surface area (TPSA) is 107 Å². The molecule has 1 N–H and O–H groups in total. The number of nitrogens with zero attached hydrogens (tertiary/aromatic N) is 3. The highest BCUT2D eigenvalue weighted by Crippen LogP contribution is 2.32. The van der Waals surface area contributed by atoms with Gasteiger partial charge in [-0.05, 0) is 38.5 Å².